The maximum absolute atomic E-state index is 8.73. The van der Waals surface area contributed by atoms with Crippen LogP contribution < -0.4 is 5.32 Å². The van der Waals surface area contributed by atoms with Gasteiger partial charge in [-0.05, 0) is 36.1 Å². The number of nitrogens with one attached hydrogen (secondary N) is 1. The zero-order chi connectivity index (χ0) is 12.1. The lowest BCUT2D eigenvalue weighted by Gasteiger charge is -2.13. The molecule has 3 heteroatoms. The first-order valence-electron chi connectivity index (χ1n) is 5.55. The second kappa shape index (κ2) is 5.62. The van der Waals surface area contributed by atoms with Crippen molar-refractivity contribution in [3.8, 4) is 6.07 Å². The van der Waals surface area contributed by atoms with Gasteiger partial charge in [-0.2, -0.15) is 5.26 Å². The number of benzene rings is 1. The minimum atomic E-state index is 0.296. The summed E-state index contributed by atoms with van der Waals surface area (Å²) in [5.41, 5.74) is 1.92. The molecule has 1 unspecified atom stereocenters. The van der Waals surface area contributed by atoms with Gasteiger partial charge in [0.1, 0.15) is 0 Å². The summed E-state index contributed by atoms with van der Waals surface area (Å²) >= 11 is 1.76. The van der Waals surface area contributed by atoms with E-state index in [-0.39, 0.29) is 0 Å². The fourth-order valence-corrected chi connectivity index (χ4v) is 2.29. The monoisotopic (exact) mass is 242 g/mol. The van der Waals surface area contributed by atoms with Gasteiger partial charge in [0.15, 0.2) is 0 Å². The lowest BCUT2D eigenvalue weighted by Crippen LogP contribution is -2.17. The quantitative estimate of drug-likeness (QED) is 0.891. The topological polar surface area (TPSA) is 35.8 Å². The Kier molecular flexibility index (Phi) is 3.92. The van der Waals surface area contributed by atoms with E-state index in [0.717, 1.165) is 6.54 Å². The highest BCUT2D eigenvalue weighted by molar-refractivity contribution is 7.09. The van der Waals surface area contributed by atoms with Gasteiger partial charge < -0.3 is 5.32 Å². The summed E-state index contributed by atoms with van der Waals surface area (Å²) < 4.78 is 0. The minimum Gasteiger partial charge on any atom is -0.305 e. The fourth-order valence-electron chi connectivity index (χ4n) is 1.63. The molecule has 2 nitrogen and oxygen atoms in total. The second-order valence-electron chi connectivity index (χ2n) is 3.92. The van der Waals surface area contributed by atoms with E-state index >= 15 is 0 Å². The molecular formula is C14H14N2S. The molecule has 1 atom stereocenters. The molecule has 86 valence electrons. The summed E-state index contributed by atoms with van der Waals surface area (Å²) in [5.74, 6) is 0. The van der Waals surface area contributed by atoms with Crippen molar-refractivity contribution in [1.29, 1.82) is 5.26 Å². The van der Waals surface area contributed by atoms with Gasteiger partial charge in [0, 0.05) is 17.5 Å². The van der Waals surface area contributed by atoms with Crippen LogP contribution in [-0.2, 0) is 6.54 Å². The molecule has 1 aromatic heterocycles. The summed E-state index contributed by atoms with van der Waals surface area (Å²) in [5, 5.41) is 14.3. The molecule has 0 spiro atoms. The van der Waals surface area contributed by atoms with E-state index in [4.69, 9.17) is 5.26 Å². The van der Waals surface area contributed by atoms with Crippen LogP contribution in [-0.4, -0.2) is 0 Å². The summed E-state index contributed by atoms with van der Waals surface area (Å²) in [7, 11) is 0. The van der Waals surface area contributed by atoms with Gasteiger partial charge >= 0.3 is 0 Å². The lowest BCUT2D eigenvalue weighted by molar-refractivity contribution is 0.579. The standard InChI is InChI=1S/C14H14N2S/c1-11(16-10-14-3-2-8-17-14)13-6-4-12(9-15)5-7-13/h2-8,11,16H,10H2,1H3. The van der Waals surface area contributed by atoms with Crippen molar-refractivity contribution in [3.63, 3.8) is 0 Å². The molecule has 0 fully saturated rings. The van der Waals surface area contributed by atoms with E-state index in [1.165, 1.54) is 10.4 Å². The van der Waals surface area contributed by atoms with E-state index in [2.05, 4.69) is 35.8 Å². The number of hydrogen-bond acceptors (Lipinski definition) is 3. The van der Waals surface area contributed by atoms with E-state index in [1.54, 1.807) is 11.3 Å². The highest BCUT2D eigenvalue weighted by Gasteiger charge is 2.04. The average molecular weight is 242 g/mol. The first-order chi connectivity index (χ1) is 8.29. The number of thiophene rings is 1. The second-order valence-corrected chi connectivity index (χ2v) is 4.95. The Hall–Kier alpha value is -1.63. The van der Waals surface area contributed by atoms with Gasteiger partial charge in [-0.25, -0.2) is 0 Å². The Labute approximate surface area is 106 Å². The highest BCUT2D eigenvalue weighted by Crippen LogP contribution is 2.15. The molecule has 0 aliphatic rings. The molecule has 1 heterocycles. The van der Waals surface area contributed by atoms with E-state index in [1.807, 2.05) is 24.3 Å². The number of rotatable bonds is 4. The van der Waals surface area contributed by atoms with Gasteiger partial charge in [-0.3, -0.25) is 0 Å². The Bertz CT molecular complexity index is 494. The molecule has 17 heavy (non-hydrogen) atoms. The number of hydrogen-bond donors (Lipinski definition) is 1. The predicted octanol–water partition coefficient (Wildman–Crippen LogP) is 3.47. The van der Waals surface area contributed by atoms with E-state index in [0.29, 0.717) is 11.6 Å². The van der Waals surface area contributed by atoms with Crippen LogP contribution in [0.15, 0.2) is 41.8 Å². The number of nitrogens with zero attached hydrogens (tertiary/aromatic N) is 1. The molecule has 0 saturated heterocycles. The van der Waals surface area contributed by atoms with Crippen molar-refractivity contribution >= 4 is 11.3 Å². The third-order valence-electron chi connectivity index (χ3n) is 2.70. The van der Waals surface area contributed by atoms with Crippen molar-refractivity contribution in [1.82, 2.24) is 5.32 Å². The van der Waals surface area contributed by atoms with Crippen LogP contribution in [0.3, 0.4) is 0 Å². The zero-order valence-electron chi connectivity index (χ0n) is 9.68. The predicted molar refractivity (Wildman–Crippen MR) is 70.7 cm³/mol. The van der Waals surface area contributed by atoms with E-state index in [9.17, 15) is 0 Å². The zero-order valence-corrected chi connectivity index (χ0v) is 10.5. The summed E-state index contributed by atoms with van der Waals surface area (Å²) in [6, 6.07) is 14.3. The van der Waals surface area contributed by atoms with Crippen molar-refractivity contribution in [3.05, 3.63) is 57.8 Å². The molecule has 2 rings (SSSR count). The smallest absolute Gasteiger partial charge is 0.0991 e. The van der Waals surface area contributed by atoms with Crippen LogP contribution in [0.4, 0.5) is 0 Å². The molecular weight excluding hydrogens is 228 g/mol. The van der Waals surface area contributed by atoms with Crippen molar-refractivity contribution in [2.24, 2.45) is 0 Å². The van der Waals surface area contributed by atoms with Gasteiger partial charge in [-0.1, -0.05) is 18.2 Å². The van der Waals surface area contributed by atoms with Crippen LogP contribution in [0.1, 0.15) is 29.0 Å². The van der Waals surface area contributed by atoms with Gasteiger partial charge in [-0.15, -0.1) is 11.3 Å². The summed E-state index contributed by atoms with van der Waals surface area (Å²) in [4.78, 5) is 1.34. The minimum absolute atomic E-state index is 0.296. The summed E-state index contributed by atoms with van der Waals surface area (Å²) in [6.45, 7) is 3.02. The lowest BCUT2D eigenvalue weighted by atomic mass is 10.1. The largest absolute Gasteiger partial charge is 0.305 e. The Morgan fingerprint density at radius 3 is 2.65 bits per heavy atom. The van der Waals surface area contributed by atoms with Crippen molar-refractivity contribution < 1.29 is 0 Å². The maximum Gasteiger partial charge on any atom is 0.0991 e. The molecule has 0 aliphatic carbocycles. The Morgan fingerprint density at radius 2 is 2.06 bits per heavy atom. The molecule has 0 bridgehead atoms. The maximum atomic E-state index is 8.73. The van der Waals surface area contributed by atoms with Gasteiger partial charge in [0.25, 0.3) is 0 Å². The Morgan fingerprint density at radius 1 is 1.29 bits per heavy atom. The third kappa shape index (κ3) is 3.16. The molecule has 0 aliphatic heterocycles. The first-order valence-corrected chi connectivity index (χ1v) is 6.43. The molecule has 0 amide bonds. The molecule has 2 aromatic rings. The highest BCUT2D eigenvalue weighted by atomic mass is 32.1. The first kappa shape index (κ1) is 11.8. The van der Waals surface area contributed by atoms with Gasteiger partial charge in [0.2, 0.25) is 0 Å². The molecule has 1 aromatic carbocycles. The van der Waals surface area contributed by atoms with Crippen LogP contribution in [0.25, 0.3) is 0 Å². The molecule has 0 radical (unpaired) electrons. The normalized spacial score (nSPS) is 12.0. The molecule has 1 N–H and O–H groups in total. The van der Waals surface area contributed by atoms with Crippen molar-refractivity contribution in [2.75, 3.05) is 0 Å². The average Bonchev–Trinajstić information content (AvgIpc) is 2.89. The Balaban J connectivity index is 1.95. The van der Waals surface area contributed by atoms with Crippen LogP contribution in [0, 0.1) is 11.3 Å². The fraction of sp³-hybridized carbons (Fsp3) is 0.214. The van der Waals surface area contributed by atoms with Crippen LogP contribution in [0.2, 0.25) is 0 Å². The summed E-state index contributed by atoms with van der Waals surface area (Å²) in [6.07, 6.45) is 0. The van der Waals surface area contributed by atoms with Gasteiger partial charge in [0.05, 0.1) is 11.6 Å². The SMILES string of the molecule is CC(NCc1cccs1)c1ccc(C#N)cc1. The van der Waals surface area contributed by atoms with Crippen LogP contribution >= 0.6 is 11.3 Å². The third-order valence-corrected chi connectivity index (χ3v) is 3.58. The van der Waals surface area contributed by atoms with Crippen LogP contribution in [0.5, 0.6) is 0 Å². The van der Waals surface area contributed by atoms with E-state index < -0.39 is 0 Å². The number of nitriles is 1. The van der Waals surface area contributed by atoms with Crippen molar-refractivity contribution in [2.45, 2.75) is 19.5 Å². The molecule has 0 saturated carbocycles.